The number of nitrogens with two attached hydrogens (primary N) is 2. The molecule has 10 heteroatoms. The Balaban J connectivity index is 0.00000108. The molecule has 5 N–H and O–H groups in total. The molecule has 0 saturated heterocycles. The number of hydrogen-bond acceptors (Lipinski definition) is 7. The number of hydrazone groups is 1. The lowest BCUT2D eigenvalue weighted by molar-refractivity contribution is 0.102. The fourth-order valence-electron chi connectivity index (χ4n) is 3.39. The summed E-state index contributed by atoms with van der Waals surface area (Å²) in [6.07, 6.45) is 9.11. The van der Waals surface area contributed by atoms with Crippen LogP contribution in [0, 0.1) is 12.8 Å². The van der Waals surface area contributed by atoms with Crippen molar-refractivity contribution < 1.29 is 4.79 Å². The molecule has 0 radical (unpaired) electrons. The SMILES string of the molecule is CCC.Cc1cnc(C(=O)Nc2cccc(N(N)/C(=N\N)C(C)C)n2)cc1-c1cnn(C2CC2)c1. The zero-order chi connectivity index (χ0) is 25.5. The van der Waals surface area contributed by atoms with Gasteiger partial charge in [-0.15, -0.1) is 0 Å². The van der Waals surface area contributed by atoms with Crippen molar-refractivity contribution in [2.45, 2.75) is 59.9 Å². The van der Waals surface area contributed by atoms with Gasteiger partial charge in [-0.3, -0.25) is 14.5 Å². The summed E-state index contributed by atoms with van der Waals surface area (Å²) in [5, 5.41) is 12.3. The van der Waals surface area contributed by atoms with E-state index in [0.29, 0.717) is 23.5 Å². The zero-order valence-corrected chi connectivity index (χ0v) is 21.1. The summed E-state index contributed by atoms with van der Waals surface area (Å²) in [6.45, 7) is 10.1. The van der Waals surface area contributed by atoms with Gasteiger partial charge in [0.15, 0.2) is 5.82 Å². The van der Waals surface area contributed by atoms with E-state index in [4.69, 9.17) is 11.7 Å². The Morgan fingerprint density at radius 1 is 1.29 bits per heavy atom. The van der Waals surface area contributed by atoms with Gasteiger partial charge in [0.1, 0.15) is 17.3 Å². The van der Waals surface area contributed by atoms with E-state index >= 15 is 0 Å². The lowest BCUT2D eigenvalue weighted by Gasteiger charge is -2.21. The van der Waals surface area contributed by atoms with Crippen LogP contribution < -0.4 is 22.0 Å². The minimum absolute atomic E-state index is 0.00416. The molecule has 0 bridgehead atoms. The van der Waals surface area contributed by atoms with Crippen molar-refractivity contribution in [3.63, 3.8) is 0 Å². The molecular formula is C25H35N9O. The smallest absolute Gasteiger partial charge is 0.275 e. The summed E-state index contributed by atoms with van der Waals surface area (Å²) in [7, 11) is 0. The second-order valence-electron chi connectivity index (χ2n) is 8.88. The monoisotopic (exact) mass is 477 g/mol. The molecule has 3 aromatic heterocycles. The molecule has 35 heavy (non-hydrogen) atoms. The average Bonchev–Trinajstić information content (AvgIpc) is 3.57. The van der Waals surface area contributed by atoms with Gasteiger partial charge < -0.3 is 11.2 Å². The van der Waals surface area contributed by atoms with Gasteiger partial charge in [-0.05, 0) is 49.1 Å². The van der Waals surface area contributed by atoms with Crippen molar-refractivity contribution in [3.8, 4) is 11.1 Å². The quantitative estimate of drug-likeness (QED) is 0.208. The Bertz CT molecular complexity index is 1180. The molecule has 1 amide bonds. The number of hydrogen-bond donors (Lipinski definition) is 3. The highest BCUT2D eigenvalue weighted by atomic mass is 16.1. The largest absolute Gasteiger partial charge is 0.322 e. The highest BCUT2D eigenvalue weighted by molar-refractivity contribution is 6.03. The molecule has 1 fully saturated rings. The molecule has 0 unspecified atom stereocenters. The second kappa shape index (κ2) is 11.6. The number of carbonyl (C=O) groups is 1. The summed E-state index contributed by atoms with van der Waals surface area (Å²) in [5.41, 5.74) is 3.14. The van der Waals surface area contributed by atoms with Crippen LogP contribution in [0.1, 0.15) is 69.1 Å². The molecule has 1 saturated carbocycles. The molecule has 10 nitrogen and oxygen atoms in total. The fraction of sp³-hybridized carbons (Fsp3) is 0.400. The van der Waals surface area contributed by atoms with Gasteiger partial charge in [0.05, 0.1) is 12.2 Å². The maximum absolute atomic E-state index is 12.9. The van der Waals surface area contributed by atoms with E-state index < -0.39 is 0 Å². The van der Waals surface area contributed by atoms with Gasteiger partial charge in [0.2, 0.25) is 0 Å². The number of pyridine rings is 2. The Labute approximate surface area is 206 Å². The topological polar surface area (TPSA) is 140 Å². The fourth-order valence-corrected chi connectivity index (χ4v) is 3.39. The molecule has 1 aliphatic carbocycles. The summed E-state index contributed by atoms with van der Waals surface area (Å²) in [4.78, 5) is 21.6. The Kier molecular flexibility index (Phi) is 8.53. The number of carbonyl (C=O) groups excluding carboxylic acids is 1. The van der Waals surface area contributed by atoms with Crippen molar-refractivity contribution in [1.82, 2.24) is 19.7 Å². The standard InChI is InChI=1S/C22H27N9O.C3H8/c1-13(2)21(29-23)31(24)20-6-4-5-19(27-20)28-22(32)18-9-17(14(3)10-25-18)15-11-26-30(12-15)16-7-8-16;1-3-2/h4-6,9-13,16H,7-8,23-24H2,1-3H3,(H,27,28,32);3H2,1-2H3/b29-21-;. The molecule has 0 atom stereocenters. The molecule has 1 aliphatic rings. The predicted molar refractivity (Wildman–Crippen MR) is 140 cm³/mol. The Morgan fingerprint density at radius 2 is 2.00 bits per heavy atom. The highest BCUT2D eigenvalue weighted by Gasteiger charge is 2.24. The lowest BCUT2D eigenvalue weighted by Crippen LogP contribution is -2.41. The molecule has 4 rings (SSSR count). The maximum Gasteiger partial charge on any atom is 0.275 e. The van der Waals surface area contributed by atoms with Crippen LogP contribution in [-0.4, -0.2) is 31.5 Å². The van der Waals surface area contributed by atoms with Crippen LogP contribution in [0.15, 0.2) is 48.0 Å². The molecule has 0 aromatic carbocycles. The van der Waals surface area contributed by atoms with Crippen molar-refractivity contribution >= 4 is 23.4 Å². The van der Waals surface area contributed by atoms with E-state index in [0.717, 1.165) is 29.5 Å². The van der Waals surface area contributed by atoms with Crippen LogP contribution in [0.5, 0.6) is 0 Å². The third-order valence-electron chi connectivity index (χ3n) is 5.29. The van der Waals surface area contributed by atoms with Gasteiger partial charge >= 0.3 is 0 Å². The van der Waals surface area contributed by atoms with Crippen molar-refractivity contribution in [2.24, 2.45) is 22.7 Å². The molecule has 186 valence electrons. The number of amides is 1. The van der Waals surface area contributed by atoms with E-state index in [-0.39, 0.29) is 17.5 Å². The summed E-state index contributed by atoms with van der Waals surface area (Å²) >= 11 is 0. The van der Waals surface area contributed by atoms with E-state index in [2.05, 4.69) is 39.3 Å². The summed E-state index contributed by atoms with van der Waals surface area (Å²) in [5.74, 6) is 12.4. The van der Waals surface area contributed by atoms with E-state index in [9.17, 15) is 4.79 Å². The number of hydrazine groups is 1. The number of aryl methyl sites for hydroxylation is 1. The first-order chi connectivity index (χ1) is 16.8. The third kappa shape index (κ3) is 6.42. The molecule has 3 aromatic rings. The van der Waals surface area contributed by atoms with E-state index in [1.165, 1.54) is 11.4 Å². The summed E-state index contributed by atoms with van der Waals surface area (Å²) < 4.78 is 1.99. The Hall–Kier alpha value is -3.79. The van der Waals surface area contributed by atoms with Crippen LogP contribution in [0.2, 0.25) is 0 Å². The second-order valence-corrected chi connectivity index (χ2v) is 8.88. The van der Waals surface area contributed by atoms with Crippen LogP contribution in [0.4, 0.5) is 11.6 Å². The van der Waals surface area contributed by atoms with Crippen molar-refractivity contribution in [1.29, 1.82) is 0 Å². The normalized spacial score (nSPS) is 13.3. The summed E-state index contributed by atoms with van der Waals surface area (Å²) in [6, 6.07) is 7.40. The maximum atomic E-state index is 12.9. The first-order valence-electron chi connectivity index (χ1n) is 11.9. The number of nitrogens with one attached hydrogen (secondary N) is 1. The first kappa shape index (κ1) is 25.8. The van der Waals surface area contributed by atoms with Gasteiger partial charge in [0.25, 0.3) is 5.91 Å². The number of anilines is 2. The highest BCUT2D eigenvalue weighted by Crippen LogP contribution is 2.35. The molecule has 3 heterocycles. The van der Waals surface area contributed by atoms with Gasteiger partial charge in [-0.2, -0.15) is 10.2 Å². The number of rotatable bonds is 6. The molecular weight excluding hydrogens is 442 g/mol. The zero-order valence-electron chi connectivity index (χ0n) is 21.1. The number of aromatic nitrogens is 4. The van der Waals surface area contributed by atoms with Gasteiger partial charge in [-0.25, -0.2) is 15.8 Å². The predicted octanol–water partition coefficient (Wildman–Crippen LogP) is 4.26. The van der Waals surface area contributed by atoms with Crippen LogP contribution in [-0.2, 0) is 0 Å². The minimum atomic E-state index is -0.370. The van der Waals surface area contributed by atoms with E-state index in [1.54, 1.807) is 30.5 Å². The molecule has 0 spiro atoms. The first-order valence-corrected chi connectivity index (χ1v) is 11.9. The van der Waals surface area contributed by atoms with Crippen LogP contribution in [0.25, 0.3) is 11.1 Å². The average molecular weight is 478 g/mol. The minimum Gasteiger partial charge on any atom is -0.322 e. The van der Waals surface area contributed by atoms with Gasteiger partial charge in [0, 0.05) is 23.9 Å². The van der Waals surface area contributed by atoms with Gasteiger partial charge in [-0.1, -0.05) is 40.2 Å². The molecule has 0 aliphatic heterocycles. The van der Waals surface area contributed by atoms with E-state index in [1.807, 2.05) is 37.8 Å². The number of nitrogens with zero attached hydrogens (tertiary/aromatic N) is 6. The third-order valence-corrected chi connectivity index (χ3v) is 5.29. The van der Waals surface area contributed by atoms with Crippen molar-refractivity contribution in [3.05, 3.63) is 54.1 Å². The number of amidine groups is 1. The van der Waals surface area contributed by atoms with Crippen LogP contribution >= 0.6 is 0 Å². The lowest BCUT2D eigenvalue weighted by atomic mass is 10.0. The Morgan fingerprint density at radius 3 is 2.63 bits per heavy atom. The van der Waals surface area contributed by atoms with Crippen LogP contribution in [0.3, 0.4) is 0 Å². The van der Waals surface area contributed by atoms with Crippen molar-refractivity contribution in [2.75, 3.05) is 10.3 Å².